The van der Waals surface area contributed by atoms with E-state index in [1.54, 1.807) is 0 Å². The van der Waals surface area contributed by atoms with Crippen LogP contribution in [0.1, 0.15) is 25.3 Å². The minimum absolute atomic E-state index is 0.330. The lowest BCUT2D eigenvalue weighted by Crippen LogP contribution is -2.36. The van der Waals surface area contributed by atoms with Crippen LogP contribution in [0.5, 0.6) is 0 Å². The average molecular weight is 273 g/mol. The van der Waals surface area contributed by atoms with Crippen molar-refractivity contribution in [2.75, 3.05) is 18.9 Å². The quantitative estimate of drug-likeness (QED) is 0.894. The molecule has 1 saturated carbocycles. The van der Waals surface area contributed by atoms with Gasteiger partial charge in [-0.3, -0.25) is 4.90 Å². The number of hydrogen-bond donors (Lipinski definition) is 1. The zero-order valence-corrected chi connectivity index (χ0v) is 11.0. The van der Waals surface area contributed by atoms with E-state index in [1.807, 2.05) is 0 Å². The molecule has 1 heterocycles. The van der Waals surface area contributed by atoms with Crippen LogP contribution < -0.4 is 5.32 Å². The van der Waals surface area contributed by atoms with Crippen LogP contribution in [0.3, 0.4) is 0 Å². The maximum atomic E-state index is 12.4. The van der Waals surface area contributed by atoms with Gasteiger partial charge in [0.15, 0.2) is 0 Å². The molecule has 1 atom stereocenters. The van der Waals surface area contributed by atoms with Gasteiger partial charge in [0.1, 0.15) is 5.82 Å². The zero-order valence-electron chi connectivity index (χ0n) is 11.0. The van der Waals surface area contributed by atoms with Crippen molar-refractivity contribution in [2.24, 2.45) is 0 Å². The van der Waals surface area contributed by atoms with Crippen LogP contribution in [0, 0.1) is 0 Å². The Morgan fingerprint density at radius 1 is 1.42 bits per heavy atom. The number of nitrogens with one attached hydrogen (secondary N) is 1. The van der Waals surface area contributed by atoms with Gasteiger partial charge in [-0.2, -0.15) is 13.2 Å². The fourth-order valence-corrected chi connectivity index (χ4v) is 1.90. The van der Waals surface area contributed by atoms with Gasteiger partial charge in [-0.1, -0.05) is 0 Å². The van der Waals surface area contributed by atoms with Crippen LogP contribution in [0.15, 0.2) is 18.3 Å². The summed E-state index contributed by atoms with van der Waals surface area (Å²) in [5.74, 6) is 0.476. The molecular formula is C13H18F3N3. The summed E-state index contributed by atoms with van der Waals surface area (Å²) in [4.78, 5) is 6.08. The molecular weight excluding hydrogens is 255 g/mol. The molecule has 1 unspecified atom stereocenters. The molecule has 0 spiro atoms. The third kappa shape index (κ3) is 3.83. The average Bonchev–Trinajstić information content (AvgIpc) is 3.18. The summed E-state index contributed by atoms with van der Waals surface area (Å²) in [5, 5.41) is 3.07. The van der Waals surface area contributed by atoms with Gasteiger partial charge in [-0.05, 0) is 38.9 Å². The highest BCUT2D eigenvalue weighted by molar-refractivity contribution is 5.36. The molecule has 106 valence electrons. The highest BCUT2D eigenvalue weighted by Crippen LogP contribution is 2.29. The molecule has 0 bridgehead atoms. The molecule has 0 saturated heterocycles. The van der Waals surface area contributed by atoms with E-state index in [9.17, 15) is 13.2 Å². The molecule has 0 aliphatic heterocycles. The Morgan fingerprint density at radius 3 is 2.58 bits per heavy atom. The Kier molecular flexibility index (Phi) is 3.99. The molecule has 1 aromatic heterocycles. The van der Waals surface area contributed by atoms with Gasteiger partial charge >= 0.3 is 6.18 Å². The molecule has 19 heavy (non-hydrogen) atoms. The van der Waals surface area contributed by atoms with E-state index in [2.05, 4.69) is 29.2 Å². The number of hydrogen-bond acceptors (Lipinski definition) is 3. The van der Waals surface area contributed by atoms with Crippen LogP contribution in [0.4, 0.5) is 19.0 Å². The smallest absolute Gasteiger partial charge is 0.369 e. The van der Waals surface area contributed by atoms with Gasteiger partial charge in [-0.25, -0.2) is 4.98 Å². The summed E-state index contributed by atoms with van der Waals surface area (Å²) in [7, 11) is 2.07. The number of halogens is 3. The molecule has 0 aromatic carbocycles. The third-order valence-corrected chi connectivity index (χ3v) is 3.49. The van der Waals surface area contributed by atoms with Crippen molar-refractivity contribution in [1.82, 2.24) is 9.88 Å². The van der Waals surface area contributed by atoms with Gasteiger partial charge in [0.25, 0.3) is 0 Å². The number of pyridine rings is 1. The fraction of sp³-hybridized carbons (Fsp3) is 0.615. The molecule has 3 nitrogen and oxygen atoms in total. The third-order valence-electron chi connectivity index (χ3n) is 3.49. The van der Waals surface area contributed by atoms with Crippen LogP contribution in [-0.2, 0) is 6.18 Å². The lowest BCUT2D eigenvalue weighted by molar-refractivity contribution is -0.137. The highest BCUT2D eigenvalue weighted by Gasteiger charge is 2.31. The number of aromatic nitrogens is 1. The second-order valence-corrected chi connectivity index (χ2v) is 5.06. The van der Waals surface area contributed by atoms with E-state index >= 15 is 0 Å². The normalized spacial score (nSPS) is 17.6. The summed E-state index contributed by atoms with van der Waals surface area (Å²) >= 11 is 0. The van der Waals surface area contributed by atoms with Crippen molar-refractivity contribution in [2.45, 2.75) is 38.0 Å². The van der Waals surface area contributed by atoms with Gasteiger partial charge < -0.3 is 5.32 Å². The number of alkyl halides is 3. The van der Waals surface area contributed by atoms with Gasteiger partial charge in [0.05, 0.1) is 5.56 Å². The molecule has 1 N–H and O–H groups in total. The van der Waals surface area contributed by atoms with Gasteiger partial charge in [-0.15, -0.1) is 0 Å². The predicted molar refractivity (Wildman–Crippen MR) is 68.0 cm³/mol. The topological polar surface area (TPSA) is 28.2 Å². The van der Waals surface area contributed by atoms with Gasteiger partial charge in [0, 0.05) is 24.8 Å². The minimum Gasteiger partial charge on any atom is -0.369 e. The largest absolute Gasteiger partial charge is 0.417 e. The summed E-state index contributed by atoms with van der Waals surface area (Å²) in [6, 6.07) is 3.41. The van der Waals surface area contributed by atoms with Crippen molar-refractivity contribution < 1.29 is 13.2 Å². The Labute approximate surface area is 110 Å². The first-order chi connectivity index (χ1) is 8.88. The maximum absolute atomic E-state index is 12.4. The molecule has 0 radical (unpaired) electrons. The van der Waals surface area contributed by atoms with Crippen molar-refractivity contribution in [3.63, 3.8) is 0 Å². The van der Waals surface area contributed by atoms with Crippen LogP contribution >= 0.6 is 0 Å². The Bertz CT molecular complexity index is 412. The number of rotatable bonds is 5. The SMILES string of the molecule is CC(CNc1ccc(C(F)(F)F)cn1)N(C)C1CC1. The first-order valence-corrected chi connectivity index (χ1v) is 6.37. The van der Waals surface area contributed by atoms with Crippen molar-refractivity contribution in [3.05, 3.63) is 23.9 Å². The van der Waals surface area contributed by atoms with Crippen molar-refractivity contribution in [1.29, 1.82) is 0 Å². The van der Waals surface area contributed by atoms with E-state index in [-0.39, 0.29) is 0 Å². The monoisotopic (exact) mass is 273 g/mol. The van der Waals surface area contributed by atoms with Gasteiger partial charge in [0.2, 0.25) is 0 Å². The predicted octanol–water partition coefficient (Wildman–Crippen LogP) is 3.00. The molecule has 6 heteroatoms. The number of likely N-dealkylation sites (N-methyl/N-ethyl adjacent to an activating group) is 1. The number of nitrogens with zero attached hydrogens (tertiary/aromatic N) is 2. The van der Waals surface area contributed by atoms with Crippen molar-refractivity contribution in [3.8, 4) is 0 Å². The molecule has 1 aliphatic rings. The molecule has 0 amide bonds. The van der Waals surface area contributed by atoms with Crippen LogP contribution in [0.2, 0.25) is 0 Å². The summed E-state index contributed by atoms with van der Waals surface area (Å²) < 4.78 is 37.1. The molecule has 1 aromatic rings. The lowest BCUT2D eigenvalue weighted by Gasteiger charge is -2.24. The standard InChI is InChI=1S/C13H18F3N3/c1-9(19(2)11-4-5-11)7-17-12-6-3-10(8-18-12)13(14,15)16/h3,6,8-9,11H,4-5,7H2,1-2H3,(H,17,18). The minimum atomic E-state index is -4.33. The van der Waals surface area contributed by atoms with Crippen molar-refractivity contribution >= 4 is 5.82 Å². The molecule has 2 rings (SSSR count). The first-order valence-electron chi connectivity index (χ1n) is 6.37. The number of anilines is 1. The first kappa shape index (κ1) is 14.1. The van der Waals surface area contributed by atoms with E-state index in [0.717, 1.165) is 12.3 Å². The van der Waals surface area contributed by atoms with E-state index in [0.29, 0.717) is 24.4 Å². The summed E-state index contributed by atoms with van der Waals surface area (Å²) in [5.41, 5.74) is -0.721. The Hall–Kier alpha value is -1.30. The van der Waals surface area contributed by atoms with E-state index < -0.39 is 11.7 Å². The Morgan fingerprint density at radius 2 is 2.11 bits per heavy atom. The summed E-state index contributed by atoms with van der Waals surface area (Å²) in [6.45, 7) is 2.76. The Balaban J connectivity index is 1.85. The molecule has 1 fully saturated rings. The fourth-order valence-electron chi connectivity index (χ4n) is 1.90. The van der Waals surface area contributed by atoms with Crippen LogP contribution in [-0.4, -0.2) is 35.6 Å². The maximum Gasteiger partial charge on any atom is 0.417 e. The summed E-state index contributed by atoms with van der Waals surface area (Å²) in [6.07, 6.45) is -0.999. The zero-order chi connectivity index (χ0) is 14.0. The second-order valence-electron chi connectivity index (χ2n) is 5.06. The van der Waals surface area contributed by atoms with E-state index in [1.165, 1.54) is 18.9 Å². The molecule has 1 aliphatic carbocycles. The highest BCUT2D eigenvalue weighted by atomic mass is 19.4. The second kappa shape index (κ2) is 5.36. The lowest BCUT2D eigenvalue weighted by atomic mass is 10.2. The van der Waals surface area contributed by atoms with E-state index in [4.69, 9.17) is 0 Å². The van der Waals surface area contributed by atoms with Crippen LogP contribution in [0.25, 0.3) is 0 Å².